The molecule has 102 valence electrons. The van der Waals surface area contributed by atoms with Crippen LogP contribution in [0.5, 0.6) is 0 Å². The smallest absolute Gasteiger partial charge is 0.145 e. The third kappa shape index (κ3) is 3.36. The fraction of sp³-hybridized carbons (Fsp3) is 0.188. The van der Waals surface area contributed by atoms with Gasteiger partial charge < -0.3 is 5.32 Å². The molecule has 0 saturated carbocycles. The summed E-state index contributed by atoms with van der Waals surface area (Å²) in [5.41, 5.74) is 1.64. The number of benzene rings is 2. The number of halogens is 2. The predicted octanol–water partition coefficient (Wildman–Crippen LogP) is 4.20. The van der Waals surface area contributed by atoms with E-state index in [0.717, 1.165) is 5.56 Å². The molecule has 0 aromatic heterocycles. The van der Waals surface area contributed by atoms with Crippen molar-refractivity contribution in [2.24, 2.45) is 0 Å². The average molecular weight is 289 g/mol. The lowest BCUT2D eigenvalue weighted by Crippen LogP contribution is -2.19. The van der Waals surface area contributed by atoms with Crippen molar-refractivity contribution >= 4 is 11.6 Å². The molecular weight excluding hydrogens is 275 g/mol. The number of hydrogen-bond donors (Lipinski definition) is 1. The van der Waals surface area contributed by atoms with Gasteiger partial charge in [-0.1, -0.05) is 35.9 Å². The molecule has 2 aromatic rings. The van der Waals surface area contributed by atoms with E-state index < -0.39 is 5.82 Å². The Hall–Kier alpha value is -1.89. The molecule has 0 spiro atoms. The zero-order valence-corrected chi connectivity index (χ0v) is 11.8. The highest BCUT2D eigenvalue weighted by molar-refractivity contribution is 6.30. The van der Waals surface area contributed by atoms with Crippen LogP contribution < -0.4 is 5.32 Å². The van der Waals surface area contributed by atoms with Crippen LogP contribution in [0, 0.1) is 17.1 Å². The first-order chi connectivity index (χ1) is 9.61. The molecule has 1 N–H and O–H groups in total. The van der Waals surface area contributed by atoms with Gasteiger partial charge in [-0.05, 0) is 30.7 Å². The molecule has 0 aliphatic heterocycles. The van der Waals surface area contributed by atoms with E-state index in [1.54, 1.807) is 12.1 Å². The summed E-state index contributed by atoms with van der Waals surface area (Å²) >= 11 is 5.84. The van der Waals surface area contributed by atoms with Crippen molar-refractivity contribution in [1.29, 1.82) is 5.26 Å². The Labute approximate surface area is 122 Å². The zero-order chi connectivity index (χ0) is 14.5. The maximum Gasteiger partial charge on any atom is 0.145 e. The van der Waals surface area contributed by atoms with E-state index in [0.29, 0.717) is 17.1 Å². The van der Waals surface area contributed by atoms with Gasteiger partial charge in [0.1, 0.15) is 11.9 Å². The Morgan fingerprint density at radius 3 is 2.60 bits per heavy atom. The fourth-order valence-electron chi connectivity index (χ4n) is 1.94. The summed E-state index contributed by atoms with van der Waals surface area (Å²) in [6, 6.07) is 14.3. The van der Waals surface area contributed by atoms with Gasteiger partial charge in [0.15, 0.2) is 0 Å². The van der Waals surface area contributed by atoms with Gasteiger partial charge >= 0.3 is 0 Å². The number of nitrogens with one attached hydrogen (secondary N) is 1. The quantitative estimate of drug-likeness (QED) is 0.915. The normalized spacial score (nSPS) is 11.9. The second-order valence-corrected chi connectivity index (χ2v) is 4.98. The molecule has 1 atom stereocenters. The fourth-order valence-corrected chi connectivity index (χ4v) is 2.06. The van der Waals surface area contributed by atoms with E-state index in [4.69, 9.17) is 16.9 Å². The summed E-state index contributed by atoms with van der Waals surface area (Å²) in [6.45, 7) is 2.36. The van der Waals surface area contributed by atoms with Gasteiger partial charge in [-0.3, -0.25) is 0 Å². The summed E-state index contributed by atoms with van der Waals surface area (Å²) in [7, 11) is 0. The molecule has 0 heterocycles. The van der Waals surface area contributed by atoms with Crippen LogP contribution in [0.1, 0.15) is 29.7 Å². The summed E-state index contributed by atoms with van der Waals surface area (Å²) in [6.07, 6.45) is 0. The number of nitrogens with zero attached hydrogens (tertiary/aromatic N) is 1. The Kier molecular flexibility index (Phi) is 4.73. The monoisotopic (exact) mass is 288 g/mol. The van der Waals surface area contributed by atoms with Crippen LogP contribution in [0.2, 0.25) is 5.02 Å². The molecular formula is C16H14ClFN2. The molecule has 0 aliphatic carbocycles. The van der Waals surface area contributed by atoms with Crippen LogP contribution >= 0.6 is 11.6 Å². The van der Waals surface area contributed by atoms with Gasteiger partial charge in [0.2, 0.25) is 0 Å². The van der Waals surface area contributed by atoms with Crippen molar-refractivity contribution in [1.82, 2.24) is 5.32 Å². The zero-order valence-electron chi connectivity index (χ0n) is 11.0. The van der Waals surface area contributed by atoms with Gasteiger partial charge in [0.05, 0.1) is 5.56 Å². The lowest BCUT2D eigenvalue weighted by Gasteiger charge is -2.15. The second-order valence-electron chi connectivity index (χ2n) is 4.54. The van der Waals surface area contributed by atoms with Crippen LogP contribution in [0.4, 0.5) is 4.39 Å². The maximum atomic E-state index is 13.9. The molecule has 0 unspecified atom stereocenters. The molecule has 0 saturated heterocycles. The van der Waals surface area contributed by atoms with Crippen molar-refractivity contribution in [2.75, 3.05) is 0 Å². The maximum absolute atomic E-state index is 13.9. The molecule has 20 heavy (non-hydrogen) atoms. The van der Waals surface area contributed by atoms with Crippen molar-refractivity contribution in [3.05, 3.63) is 70.0 Å². The first-order valence-electron chi connectivity index (χ1n) is 6.28. The van der Waals surface area contributed by atoms with Gasteiger partial charge in [0, 0.05) is 23.2 Å². The summed E-state index contributed by atoms with van der Waals surface area (Å²) in [5, 5.41) is 12.7. The van der Waals surface area contributed by atoms with E-state index in [1.807, 2.05) is 37.3 Å². The minimum absolute atomic E-state index is 0.0670. The lowest BCUT2D eigenvalue weighted by molar-refractivity contribution is 0.543. The van der Waals surface area contributed by atoms with Crippen molar-refractivity contribution in [3.63, 3.8) is 0 Å². The van der Waals surface area contributed by atoms with E-state index in [2.05, 4.69) is 5.32 Å². The highest BCUT2D eigenvalue weighted by Gasteiger charge is 2.09. The SMILES string of the molecule is C[C@H](NCc1cccc(C#N)c1F)c1ccc(Cl)cc1. The molecule has 4 heteroatoms. The van der Waals surface area contributed by atoms with Crippen LogP contribution in [-0.4, -0.2) is 0 Å². The first-order valence-corrected chi connectivity index (χ1v) is 6.66. The van der Waals surface area contributed by atoms with E-state index in [1.165, 1.54) is 6.07 Å². The number of hydrogen-bond acceptors (Lipinski definition) is 2. The topological polar surface area (TPSA) is 35.8 Å². The minimum Gasteiger partial charge on any atom is -0.306 e. The number of rotatable bonds is 4. The highest BCUT2D eigenvalue weighted by atomic mass is 35.5. The molecule has 2 aromatic carbocycles. The second kappa shape index (κ2) is 6.51. The van der Waals surface area contributed by atoms with Crippen LogP contribution in [0.15, 0.2) is 42.5 Å². The Balaban J connectivity index is 2.05. The van der Waals surface area contributed by atoms with Crippen LogP contribution in [0.3, 0.4) is 0 Å². The molecule has 2 nitrogen and oxygen atoms in total. The molecule has 2 rings (SSSR count). The molecule has 0 amide bonds. The largest absolute Gasteiger partial charge is 0.306 e. The first kappa shape index (κ1) is 14.5. The van der Waals surface area contributed by atoms with Gasteiger partial charge in [-0.25, -0.2) is 4.39 Å². The Morgan fingerprint density at radius 1 is 1.25 bits per heavy atom. The highest BCUT2D eigenvalue weighted by Crippen LogP contribution is 2.18. The van der Waals surface area contributed by atoms with Crippen molar-refractivity contribution in [2.45, 2.75) is 19.5 Å². The summed E-state index contributed by atoms with van der Waals surface area (Å²) in [5.74, 6) is -0.453. The van der Waals surface area contributed by atoms with Crippen molar-refractivity contribution < 1.29 is 4.39 Å². The van der Waals surface area contributed by atoms with Gasteiger partial charge in [-0.15, -0.1) is 0 Å². The third-order valence-electron chi connectivity index (χ3n) is 3.17. The molecule has 0 aliphatic rings. The van der Waals surface area contributed by atoms with E-state index in [-0.39, 0.29) is 11.6 Å². The van der Waals surface area contributed by atoms with Crippen LogP contribution in [0.25, 0.3) is 0 Å². The standard InChI is InChI=1S/C16H14ClFN2/c1-11(12-5-7-15(17)8-6-12)20-10-14-4-2-3-13(9-19)16(14)18/h2-8,11,20H,10H2,1H3/t11-/m0/s1. The Bertz CT molecular complexity index is 632. The van der Waals surface area contributed by atoms with E-state index in [9.17, 15) is 4.39 Å². The summed E-state index contributed by atoms with van der Waals surface area (Å²) in [4.78, 5) is 0. The Morgan fingerprint density at radius 2 is 1.95 bits per heavy atom. The van der Waals surface area contributed by atoms with Crippen molar-refractivity contribution in [3.8, 4) is 6.07 Å². The summed E-state index contributed by atoms with van der Waals surface area (Å²) < 4.78 is 13.9. The number of nitriles is 1. The average Bonchev–Trinajstić information content (AvgIpc) is 2.46. The molecule has 0 radical (unpaired) electrons. The third-order valence-corrected chi connectivity index (χ3v) is 3.42. The van der Waals surface area contributed by atoms with Gasteiger partial charge in [0.25, 0.3) is 0 Å². The predicted molar refractivity (Wildman–Crippen MR) is 77.8 cm³/mol. The van der Waals surface area contributed by atoms with Gasteiger partial charge in [-0.2, -0.15) is 5.26 Å². The van der Waals surface area contributed by atoms with Crippen LogP contribution in [-0.2, 0) is 6.54 Å². The minimum atomic E-state index is -0.453. The molecule has 0 bridgehead atoms. The lowest BCUT2D eigenvalue weighted by atomic mass is 10.1. The molecule has 0 fully saturated rings. The van der Waals surface area contributed by atoms with E-state index >= 15 is 0 Å².